The first-order valence-electron chi connectivity index (χ1n) is 6.37. The van der Waals surface area contributed by atoms with E-state index in [2.05, 4.69) is 0 Å². The molecule has 0 bridgehead atoms. The van der Waals surface area contributed by atoms with Crippen LogP contribution in [0.1, 0.15) is 15.9 Å². The maximum atomic E-state index is 13.1. The van der Waals surface area contributed by atoms with Crippen molar-refractivity contribution in [2.24, 2.45) is 0 Å². The molecule has 0 atom stereocenters. The third-order valence-electron chi connectivity index (χ3n) is 3.00. The van der Waals surface area contributed by atoms with Gasteiger partial charge in [0.15, 0.2) is 17.4 Å². The van der Waals surface area contributed by atoms with Crippen molar-refractivity contribution in [3.63, 3.8) is 0 Å². The Labute approximate surface area is 120 Å². The zero-order valence-corrected chi connectivity index (χ0v) is 11.4. The largest absolute Gasteiger partial charge is 0.295 e. The molecule has 0 radical (unpaired) electrons. The van der Waals surface area contributed by atoms with Crippen LogP contribution in [0, 0.1) is 17.5 Å². The van der Waals surface area contributed by atoms with Crippen LogP contribution < -0.4 is 0 Å². The molecule has 0 amide bonds. The molecule has 0 aliphatic carbocycles. The van der Waals surface area contributed by atoms with Crippen molar-refractivity contribution in [1.29, 1.82) is 0 Å². The molecule has 0 heterocycles. The van der Waals surface area contributed by atoms with Crippen molar-refractivity contribution in [3.05, 3.63) is 71.0 Å². The summed E-state index contributed by atoms with van der Waals surface area (Å²) >= 11 is 0. The molecule has 0 fully saturated rings. The molecule has 2 aromatic carbocycles. The van der Waals surface area contributed by atoms with Crippen LogP contribution in [0.4, 0.5) is 13.2 Å². The topological polar surface area (TPSA) is 20.3 Å². The van der Waals surface area contributed by atoms with Crippen molar-refractivity contribution in [2.75, 3.05) is 13.6 Å². The lowest BCUT2D eigenvalue weighted by Gasteiger charge is -2.16. The van der Waals surface area contributed by atoms with E-state index in [1.807, 2.05) is 0 Å². The number of Topliss-reactive ketones (excluding diaryl/α,β-unsaturated/α-hetero) is 1. The second-order valence-electron chi connectivity index (χ2n) is 4.85. The van der Waals surface area contributed by atoms with Gasteiger partial charge in [0.25, 0.3) is 0 Å². The summed E-state index contributed by atoms with van der Waals surface area (Å²) in [5, 5.41) is 0. The summed E-state index contributed by atoms with van der Waals surface area (Å²) in [5.74, 6) is -2.70. The molecule has 0 saturated heterocycles. The molecule has 21 heavy (non-hydrogen) atoms. The van der Waals surface area contributed by atoms with Crippen molar-refractivity contribution < 1.29 is 18.0 Å². The number of hydrogen-bond donors (Lipinski definition) is 0. The fourth-order valence-corrected chi connectivity index (χ4v) is 2.01. The molecule has 0 aliphatic rings. The predicted octanol–water partition coefficient (Wildman–Crippen LogP) is 3.42. The van der Waals surface area contributed by atoms with Crippen LogP contribution in [0.2, 0.25) is 0 Å². The zero-order valence-electron chi connectivity index (χ0n) is 11.4. The number of likely N-dealkylation sites (N-methyl/N-ethyl adjacent to an activating group) is 1. The van der Waals surface area contributed by atoms with Gasteiger partial charge in [-0.25, -0.2) is 13.2 Å². The first-order valence-corrected chi connectivity index (χ1v) is 6.37. The molecule has 2 nitrogen and oxygen atoms in total. The Hall–Kier alpha value is -2.14. The Morgan fingerprint density at radius 2 is 1.81 bits per heavy atom. The minimum absolute atomic E-state index is 0.0294. The Morgan fingerprint density at radius 1 is 1.05 bits per heavy atom. The predicted molar refractivity (Wildman–Crippen MR) is 73.4 cm³/mol. The maximum absolute atomic E-state index is 13.1. The number of benzene rings is 2. The summed E-state index contributed by atoms with van der Waals surface area (Å²) in [4.78, 5) is 13.6. The van der Waals surface area contributed by atoms with E-state index in [0.717, 1.165) is 17.7 Å². The van der Waals surface area contributed by atoms with E-state index in [1.54, 1.807) is 24.1 Å². The minimum Gasteiger partial charge on any atom is -0.295 e. The van der Waals surface area contributed by atoms with Gasteiger partial charge in [-0.1, -0.05) is 12.1 Å². The average Bonchev–Trinajstić information content (AvgIpc) is 2.41. The van der Waals surface area contributed by atoms with Crippen LogP contribution in [0.5, 0.6) is 0 Å². The zero-order chi connectivity index (χ0) is 15.4. The van der Waals surface area contributed by atoms with Gasteiger partial charge in [-0.2, -0.15) is 0 Å². The van der Waals surface area contributed by atoms with Gasteiger partial charge >= 0.3 is 0 Å². The van der Waals surface area contributed by atoms with Crippen LogP contribution in [-0.2, 0) is 6.54 Å². The van der Waals surface area contributed by atoms with Crippen LogP contribution in [0.3, 0.4) is 0 Å². The number of carbonyl (C=O) groups is 1. The molecule has 2 rings (SSSR count). The van der Waals surface area contributed by atoms with Crippen molar-refractivity contribution in [2.45, 2.75) is 6.54 Å². The lowest BCUT2D eigenvalue weighted by atomic mass is 10.1. The van der Waals surface area contributed by atoms with Gasteiger partial charge in [-0.05, 0) is 42.9 Å². The maximum Gasteiger partial charge on any atom is 0.176 e. The van der Waals surface area contributed by atoms with Gasteiger partial charge in [0.2, 0.25) is 0 Å². The first-order chi connectivity index (χ1) is 9.95. The number of hydrogen-bond acceptors (Lipinski definition) is 2. The smallest absolute Gasteiger partial charge is 0.176 e. The Bertz CT molecular complexity index is 658. The lowest BCUT2D eigenvalue weighted by molar-refractivity contribution is 0.0942. The Balaban J connectivity index is 2.00. The van der Waals surface area contributed by atoms with Gasteiger partial charge < -0.3 is 0 Å². The van der Waals surface area contributed by atoms with E-state index < -0.39 is 11.6 Å². The van der Waals surface area contributed by atoms with E-state index in [-0.39, 0.29) is 23.7 Å². The van der Waals surface area contributed by atoms with Gasteiger partial charge in [0.1, 0.15) is 5.82 Å². The van der Waals surface area contributed by atoms with E-state index in [0.29, 0.717) is 6.54 Å². The van der Waals surface area contributed by atoms with Crippen molar-refractivity contribution >= 4 is 5.78 Å². The molecule has 0 aliphatic heterocycles. The van der Waals surface area contributed by atoms with E-state index in [9.17, 15) is 18.0 Å². The highest BCUT2D eigenvalue weighted by Crippen LogP contribution is 2.11. The summed E-state index contributed by atoms with van der Waals surface area (Å²) in [6.07, 6.45) is 0. The highest BCUT2D eigenvalue weighted by molar-refractivity contribution is 5.97. The summed E-state index contributed by atoms with van der Waals surface area (Å²) in [6, 6.07) is 9.13. The van der Waals surface area contributed by atoms with Crippen LogP contribution in [-0.4, -0.2) is 24.3 Å². The van der Waals surface area contributed by atoms with Crippen LogP contribution in [0.25, 0.3) is 0 Å². The number of halogens is 3. The molecule has 0 aromatic heterocycles. The fourth-order valence-electron chi connectivity index (χ4n) is 2.01. The van der Waals surface area contributed by atoms with Gasteiger partial charge in [0, 0.05) is 12.1 Å². The first kappa shape index (κ1) is 15.3. The number of rotatable bonds is 5. The second kappa shape index (κ2) is 6.54. The van der Waals surface area contributed by atoms with E-state index in [4.69, 9.17) is 0 Å². The molecule has 0 saturated carbocycles. The third-order valence-corrected chi connectivity index (χ3v) is 3.00. The highest BCUT2D eigenvalue weighted by atomic mass is 19.2. The second-order valence-corrected chi connectivity index (χ2v) is 4.85. The van der Waals surface area contributed by atoms with E-state index in [1.165, 1.54) is 18.2 Å². The molecule has 5 heteroatoms. The Morgan fingerprint density at radius 3 is 2.48 bits per heavy atom. The molecular formula is C16H14F3NO. The highest BCUT2D eigenvalue weighted by Gasteiger charge is 2.12. The SMILES string of the molecule is CN(CC(=O)c1ccc(F)c(F)c1)Cc1cccc(F)c1. The van der Waals surface area contributed by atoms with Crippen LogP contribution in [0.15, 0.2) is 42.5 Å². The molecule has 2 aromatic rings. The summed E-state index contributed by atoms with van der Waals surface area (Å²) in [5.41, 5.74) is 0.843. The number of ketones is 1. The van der Waals surface area contributed by atoms with Crippen molar-refractivity contribution in [1.82, 2.24) is 4.90 Å². The normalized spacial score (nSPS) is 10.9. The molecule has 110 valence electrons. The molecular weight excluding hydrogens is 279 g/mol. The molecule has 0 unspecified atom stereocenters. The molecule has 0 spiro atoms. The Kier molecular flexibility index (Phi) is 4.75. The number of nitrogens with zero attached hydrogens (tertiary/aromatic N) is 1. The van der Waals surface area contributed by atoms with Gasteiger partial charge in [-0.3, -0.25) is 9.69 Å². The lowest BCUT2D eigenvalue weighted by Crippen LogP contribution is -2.25. The van der Waals surface area contributed by atoms with Gasteiger partial charge in [0.05, 0.1) is 6.54 Å². The van der Waals surface area contributed by atoms with E-state index >= 15 is 0 Å². The minimum atomic E-state index is -1.05. The standard InChI is InChI=1S/C16H14F3NO/c1-20(9-11-3-2-4-13(17)7-11)10-16(21)12-5-6-14(18)15(19)8-12/h2-8H,9-10H2,1H3. The third kappa shape index (κ3) is 4.16. The van der Waals surface area contributed by atoms with Crippen molar-refractivity contribution in [3.8, 4) is 0 Å². The summed E-state index contributed by atoms with van der Waals surface area (Å²) < 4.78 is 39.0. The fraction of sp³-hybridized carbons (Fsp3) is 0.188. The summed E-state index contributed by atoms with van der Waals surface area (Å²) in [7, 11) is 1.70. The number of carbonyl (C=O) groups excluding carboxylic acids is 1. The quantitative estimate of drug-likeness (QED) is 0.787. The molecule has 0 N–H and O–H groups in total. The van der Waals surface area contributed by atoms with Crippen LogP contribution >= 0.6 is 0 Å². The average molecular weight is 293 g/mol. The van der Waals surface area contributed by atoms with Gasteiger partial charge in [-0.15, -0.1) is 0 Å². The monoisotopic (exact) mass is 293 g/mol. The summed E-state index contributed by atoms with van der Waals surface area (Å²) in [6.45, 7) is 0.411.